The van der Waals surface area contributed by atoms with Crippen molar-refractivity contribution in [2.75, 3.05) is 19.8 Å². The van der Waals surface area contributed by atoms with E-state index in [1.54, 1.807) is 0 Å². The summed E-state index contributed by atoms with van der Waals surface area (Å²) < 4.78 is 51.0. The number of fused-ring (bicyclic) bond motifs is 1. The van der Waals surface area contributed by atoms with Gasteiger partial charge in [0.15, 0.2) is 41.7 Å². The lowest BCUT2D eigenvalue weighted by Gasteiger charge is -2.45. The summed E-state index contributed by atoms with van der Waals surface area (Å²) >= 11 is 0. The van der Waals surface area contributed by atoms with E-state index in [0.717, 1.165) is 30.3 Å². The van der Waals surface area contributed by atoms with Crippen molar-refractivity contribution in [2.45, 2.75) is 130 Å². The lowest BCUT2D eigenvalue weighted by molar-refractivity contribution is -0.358. The number of hydrogen-bond acceptors (Lipinski definition) is 25. The minimum absolute atomic E-state index is 0.0385. The van der Waals surface area contributed by atoms with E-state index in [0.29, 0.717) is 0 Å². The third kappa shape index (κ3) is 9.25. The molecule has 15 N–H and O–H groups in total. The number of aliphatic hydroxyl groups is 13. The molecular weight excluding hydrogens is 868 g/mol. The number of aliphatic hydroxyl groups excluding tert-OH is 13. The van der Waals surface area contributed by atoms with Gasteiger partial charge in [0.1, 0.15) is 108 Å². The van der Waals surface area contributed by atoms with E-state index in [2.05, 4.69) is 0 Å². The van der Waals surface area contributed by atoms with Gasteiger partial charge in [0.25, 0.3) is 0 Å². The molecule has 3 aromatic rings. The quantitative estimate of drug-likeness (QED) is 0.0804. The molecule has 4 aliphatic rings. The minimum atomic E-state index is -1.94. The molecule has 25 heteroatoms. The fraction of sp³-hybridized carbons (Fsp3) is 0.615. The van der Waals surface area contributed by atoms with Crippen molar-refractivity contribution in [2.24, 2.45) is 0 Å². The van der Waals surface area contributed by atoms with Gasteiger partial charge in [-0.3, -0.25) is 4.79 Å². The second-order valence-corrected chi connectivity index (χ2v) is 15.7. The van der Waals surface area contributed by atoms with Crippen LogP contribution in [0.2, 0.25) is 0 Å². The Morgan fingerprint density at radius 2 is 1.03 bits per heavy atom. The van der Waals surface area contributed by atoms with Gasteiger partial charge in [-0.25, -0.2) is 0 Å². The average molecular weight is 919 g/mol. The van der Waals surface area contributed by atoms with E-state index in [9.17, 15) is 81.4 Å². The largest absolute Gasteiger partial charge is 0.507 e. The summed E-state index contributed by atoms with van der Waals surface area (Å²) in [7, 11) is 0. The number of benzene rings is 2. The Balaban J connectivity index is 1.13. The van der Waals surface area contributed by atoms with Crippen LogP contribution in [0.25, 0.3) is 22.3 Å². The van der Waals surface area contributed by atoms with E-state index in [-0.39, 0.29) is 33.8 Å². The van der Waals surface area contributed by atoms with Gasteiger partial charge in [-0.05, 0) is 25.1 Å². The maximum absolute atomic E-state index is 13.3. The number of hydrogen-bond donors (Lipinski definition) is 15. The van der Waals surface area contributed by atoms with Crippen molar-refractivity contribution in [3.05, 3.63) is 46.6 Å². The van der Waals surface area contributed by atoms with Crippen LogP contribution in [0.5, 0.6) is 23.0 Å². The number of rotatable bonds is 12. The second kappa shape index (κ2) is 19.5. The van der Waals surface area contributed by atoms with Crippen LogP contribution in [-0.2, 0) is 28.4 Å². The summed E-state index contributed by atoms with van der Waals surface area (Å²) in [6, 6.07) is 6.62. The molecule has 1 aromatic heterocycles. The van der Waals surface area contributed by atoms with Crippen LogP contribution < -0.4 is 14.9 Å². The van der Waals surface area contributed by atoms with Crippen molar-refractivity contribution < 1.29 is 119 Å². The van der Waals surface area contributed by atoms with Gasteiger partial charge in [0.05, 0.1) is 25.9 Å². The van der Waals surface area contributed by atoms with Crippen LogP contribution in [0.3, 0.4) is 0 Å². The third-order valence-electron chi connectivity index (χ3n) is 11.4. The summed E-state index contributed by atoms with van der Waals surface area (Å²) in [4.78, 5) is 13.3. The van der Waals surface area contributed by atoms with Gasteiger partial charge in [0.2, 0.25) is 12.6 Å². The van der Waals surface area contributed by atoms with Gasteiger partial charge >= 0.3 is 0 Å². The van der Waals surface area contributed by atoms with Crippen molar-refractivity contribution in [3.8, 4) is 34.3 Å². The van der Waals surface area contributed by atoms with Gasteiger partial charge < -0.3 is 119 Å². The summed E-state index contributed by atoms with van der Waals surface area (Å²) in [5, 5.41) is 156. The highest BCUT2D eigenvalue weighted by molar-refractivity contribution is 5.86. The summed E-state index contributed by atoms with van der Waals surface area (Å²) in [6.45, 7) is -1.08. The predicted molar refractivity (Wildman–Crippen MR) is 204 cm³/mol. The highest BCUT2D eigenvalue weighted by atomic mass is 16.8. The van der Waals surface area contributed by atoms with Crippen molar-refractivity contribution in [1.29, 1.82) is 0 Å². The first-order valence-electron chi connectivity index (χ1n) is 19.9. The molecule has 7 rings (SSSR count). The summed E-state index contributed by atoms with van der Waals surface area (Å²) in [5.41, 5.74) is -1.04. The Hall–Kier alpha value is -3.91. The number of phenolic OH excluding ortho intramolecular Hbond substituents is 2. The fourth-order valence-electron chi connectivity index (χ4n) is 7.69. The lowest BCUT2D eigenvalue weighted by Crippen LogP contribution is -2.65. The molecule has 5 heterocycles. The van der Waals surface area contributed by atoms with E-state index >= 15 is 0 Å². The average Bonchev–Trinajstić information content (AvgIpc) is 3.26. The summed E-state index contributed by atoms with van der Waals surface area (Å²) in [6.07, 6.45) is -33.9. The van der Waals surface area contributed by atoms with Crippen LogP contribution in [0.15, 0.2) is 45.6 Å². The number of ether oxygens (including phenoxy) is 8. The molecule has 64 heavy (non-hydrogen) atoms. The predicted octanol–water partition coefficient (Wildman–Crippen LogP) is -6.10. The molecule has 0 radical (unpaired) electrons. The molecule has 4 aliphatic heterocycles. The maximum atomic E-state index is 13.3. The normalized spacial score (nSPS) is 40.6. The van der Waals surface area contributed by atoms with Crippen LogP contribution in [0.4, 0.5) is 0 Å². The molecule has 0 aliphatic carbocycles. The molecule has 0 amide bonds. The molecule has 356 valence electrons. The zero-order valence-electron chi connectivity index (χ0n) is 33.4. The molecule has 8 unspecified atom stereocenters. The van der Waals surface area contributed by atoms with E-state index in [1.807, 2.05) is 0 Å². The van der Waals surface area contributed by atoms with Crippen molar-refractivity contribution >= 4 is 11.0 Å². The molecule has 20 atom stereocenters. The first-order chi connectivity index (χ1) is 30.4. The molecule has 2 aromatic carbocycles. The molecule has 4 saturated heterocycles. The first kappa shape index (κ1) is 48.0. The first-order valence-corrected chi connectivity index (χ1v) is 19.9. The van der Waals surface area contributed by atoms with Crippen LogP contribution in [0, 0.1) is 0 Å². The van der Waals surface area contributed by atoms with Crippen molar-refractivity contribution in [1.82, 2.24) is 0 Å². The fourth-order valence-corrected chi connectivity index (χ4v) is 7.69. The Morgan fingerprint density at radius 1 is 0.531 bits per heavy atom. The molecule has 0 bridgehead atoms. The topological polar surface area (TPSA) is 408 Å². The maximum Gasteiger partial charge on any atom is 0.229 e. The minimum Gasteiger partial charge on any atom is -0.507 e. The lowest BCUT2D eigenvalue weighted by atomic mass is 9.97. The highest BCUT2D eigenvalue weighted by Gasteiger charge is 2.53. The third-order valence-corrected chi connectivity index (χ3v) is 11.4. The molecule has 25 nitrogen and oxygen atoms in total. The SMILES string of the molecule is CC1O[C@@H](OC2[C@H](Oc3cc(O)c4c(=O)cc(-c5ccc(O[C@@H]6OC(CO)[C@@H](O)[C@H](O)C6O[C@@H]6OC(CO)[C@@H](O)[C@H](O)C6O)c(O)c5)oc4c3)OC(CO)[C@@H](O)[C@@H]2O)C(O)[C@@H](O)[C@H]1O. The molecular formula is C39H50O25. The standard InChI is InChI=1S/C39H50O25/c1-11-24(46)28(50)32(54)36(56-11)63-34-30(52)26(48)21(9-41)61-38(34)57-13-5-15(44)23-16(45)7-18(58-19(23)6-13)12-2-3-17(14(43)4-12)59-39-35(31(53)27(49)22(10-42)62-39)64-37-33(55)29(51)25(47)20(8-40)60-37/h2-7,11,20-22,24-44,46-55H,8-10H2,1H3/t11?,20?,21?,22?,24-,25+,26+,27+,28-,29-,30-,31-,32?,33?,34?,35?,36-,37-,38+,39+/m0/s1. The summed E-state index contributed by atoms with van der Waals surface area (Å²) in [5.74, 6) is -2.15. The smallest absolute Gasteiger partial charge is 0.229 e. The number of phenols is 2. The molecule has 0 saturated carbocycles. The molecule has 4 fully saturated rings. The number of aromatic hydroxyl groups is 2. The van der Waals surface area contributed by atoms with E-state index in [4.69, 9.17) is 42.3 Å². The Labute approximate surface area is 360 Å². The van der Waals surface area contributed by atoms with Crippen molar-refractivity contribution in [3.63, 3.8) is 0 Å². The zero-order chi connectivity index (χ0) is 46.5. The van der Waals surface area contributed by atoms with Gasteiger partial charge in [-0.15, -0.1) is 0 Å². The Morgan fingerprint density at radius 3 is 1.58 bits per heavy atom. The zero-order valence-corrected chi connectivity index (χ0v) is 33.4. The van der Waals surface area contributed by atoms with Crippen LogP contribution in [-0.4, -0.2) is 219 Å². The van der Waals surface area contributed by atoms with Gasteiger partial charge in [-0.1, -0.05) is 0 Å². The van der Waals surface area contributed by atoms with Crippen LogP contribution >= 0.6 is 0 Å². The highest BCUT2D eigenvalue weighted by Crippen LogP contribution is 2.39. The Bertz CT molecular complexity index is 2120. The second-order valence-electron chi connectivity index (χ2n) is 15.7. The van der Waals surface area contributed by atoms with Crippen LogP contribution in [0.1, 0.15) is 6.92 Å². The van der Waals surface area contributed by atoms with Gasteiger partial charge in [0, 0.05) is 23.8 Å². The monoisotopic (exact) mass is 918 g/mol. The Kier molecular flexibility index (Phi) is 14.6. The van der Waals surface area contributed by atoms with E-state index in [1.165, 1.54) is 13.0 Å². The van der Waals surface area contributed by atoms with E-state index < -0.39 is 160 Å². The molecule has 0 spiro atoms. The van der Waals surface area contributed by atoms with Gasteiger partial charge in [-0.2, -0.15) is 0 Å².